The fourth-order valence-corrected chi connectivity index (χ4v) is 1.70. The van der Waals surface area contributed by atoms with Gasteiger partial charge in [0.25, 0.3) is 0 Å². The molecule has 1 unspecified atom stereocenters. The van der Waals surface area contributed by atoms with Crippen LogP contribution in [0.5, 0.6) is 0 Å². The SMILES string of the molecule is CC(O)C1(c2cc(F)ccn2)CC1. The molecule has 0 spiro atoms. The molecule has 0 saturated heterocycles. The van der Waals surface area contributed by atoms with Crippen LogP contribution in [0.4, 0.5) is 4.39 Å². The average Bonchev–Trinajstić information content (AvgIpc) is 2.83. The molecule has 0 radical (unpaired) electrons. The van der Waals surface area contributed by atoms with Crippen molar-refractivity contribution in [2.75, 3.05) is 0 Å². The molecule has 0 amide bonds. The number of hydrogen-bond acceptors (Lipinski definition) is 2. The number of aliphatic hydroxyl groups is 1. The van der Waals surface area contributed by atoms with E-state index in [4.69, 9.17) is 0 Å². The van der Waals surface area contributed by atoms with Crippen molar-refractivity contribution in [2.45, 2.75) is 31.3 Å². The summed E-state index contributed by atoms with van der Waals surface area (Å²) in [4.78, 5) is 4.10. The van der Waals surface area contributed by atoms with E-state index in [1.54, 1.807) is 6.92 Å². The topological polar surface area (TPSA) is 33.1 Å². The molecule has 0 aromatic carbocycles. The Hall–Kier alpha value is -0.960. The van der Waals surface area contributed by atoms with Gasteiger partial charge in [0.2, 0.25) is 0 Å². The molecule has 13 heavy (non-hydrogen) atoms. The highest BCUT2D eigenvalue weighted by molar-refractivity contribution is 5.26. The van der Waals surface area contributed by atoms with E-state index in [0.717, 1.165) is 12.8 Å². The van der Waals surface area contributed by atoms with E-state index >= 15 is 0 Å². The first kappa shape index (κ1) is 8.63. The summed E-state index contributed by atoms with van der Waals surface area (Å²) >= 11 is 0. The summed E-state index contributed by atoms with van der Waals surface area (Å²) in [6, 6.07) is 2.74. The van der Waals surface area contributed by atoms with Crippen LogP contribution in [0.15, 0.2) is 18.3 Å². The lowest BCUT2D eigenvalue weighted by molar-refractivity contribution is 0.148. The summed E-state index contributed by atoms with van der Waals surface area (Å²) in [5.74, 6) is -0.281. The summed E-state index contributed by atoms with van der Waals surface area (Å²) in [7, 11) is 0. The van der Waals surface area contributed by atoms with Gasteiger partial charge in [0.15, 0.2) is 0 Å². The van der Waals surface area contributed by atoms with Crippen LogP contribution in [0.3, 0.4) is 0 Å². The highest BCUT2D eigenvalue weighted by Crippen LogP contribution is 2.50. The second-order valence-corrected chi connectivity index (χ2v) is 3.69. The lowest BCUT2D eigenvalue weighted by Gasteiger charge is -2.17. The fraction of sp³-hybridized carbons (Fsp3) is 0.500. The molecule has 1 saturated carbocycles. The molecule has 3 heteroatoms. The molecule has 2 nitrogen and oxygen atoms in total. The average molecular weight is 181 g/mol. The predicted molar refractivity (Wildman–Crippen MR) is 46.8 cm³/mol. The minimum Gasteiger partial charge on any atom is -0.392 e. The summed E-state index contributed by atoms with van der Waals surface area (Å²) in [6.45, 7) is 1.74. The Morgan fingerprint density at radius 3 is 2.77 bits per heavy atom. The maximum absolute atomic E-state index is 12.9. The minimum atomic E-state index is -0.443. The van der Waals surface area contributed by atoms with Crippen molar-refractivity contribution in [3.8, 4) is 0 Å². The van der Waals surface area contributed by atoms with Gasteiger partial charge >= 0.3 is 0 Å². The third-order valence-corrected chi connectivity index (χ3v) is 2.82. The van der Waals surface area contributed by atoms with Gasteiger partial charge in [-0.05, 0) is 31.9 Å². The van der Waals surface area contributed by atoms with Crippen molar-refractivity contribution in [3.63, 3.8) is 0 Å². The van der Waals surface area contributed by atoms with Gasteiger partial charge in [-0.15, -0.1) is 0 Å². The van der Waals surface area contributed by atoms with Crippen LogP contribution in [0.25, 0.3) is 0 Å². The van der Waals surface area contributed by atoms with E-state index < -0.39 is 6.10 Å². The molecule has 0 aliphatic heterocycles. The second kappa shape index (κ2) is 2.77. The van der Waals surface area contributed by atoms with Gasteiger partial charge in [0.05, 0.1) is 11.8 Å². The van der Waals surface area contributed by atoms with Gasteiger partial charge in [-0.1, -0.05) is 0 Å². The smallest absolute Gasteiger partial charge is 0.126 e. The molecule has 1 fully saturated rings. The van der Waals surface area contributed by atoms with Gasteiger partial charge in [-0.3, -0.25) is 4.98 Å². The lowest BCUT2D eigenvalue weighted by Crippen LogP contribution is -2.23. The van der Waals surface area contributed by atoms with Gasteiger partial charge in [-0.25, -0.2) is 4.39 Å². The zero-order valence-electron chi connectivity index (χ0n) is 7.50. The van der Waals surface area contributed by atoms with Gasteiger partial charge in [-0.2, -0.15) is 0 Å². The number of pyridine rings is 1. The van der Waals surface area contributed by atoms with Crippen molar-refractivity contribution in [1.82, 2.24) is 4.98 Å². The number of hydrogen-bond donors (Lipinski definition) is 1. The van der Waals surface area contributed by atoms with Crippen LogP contribution in [0, 0.1) is 5.82 Å². The highest BCUT2D eigenvalue weighted by Gasteiger charge is 2.49. The maximum Gasteiger partial charge on any atom is 0.126 e. The molecule has 1 aromatic rings. The van der Waals surface area contributed by atoms with E-state index in [1.807, 2.05) is 0 Å². The summed E-state index contributed by atoms with van der Waals surface area (Å²) in [6.07, 6.45) is 2.82. The minimum absolute atomic E-state index is 0.262. The normalized spacial score (nSPS) is 21.2. The molecular weight excluding hydrogens is 169 g/mol. The Balaban J connectivity index is 2.35. The number of rotatable bonds is 2. The molecule has 1 aliphatic rings. The van der Waals surface area contributed by atoms with Crippen LogP contribution in [0.2, 0.25) is 0 Å². The molecule has 1 N–H and O–H groups in total. The van der Waals surface area contributed by atoms with E-state index in [9.17, 15) is 9.50 Å². The van der Waals surface area contributed by atoms with Gasteiger partial charge < -0.3 is 5.11 Å². The zero-order chi connectivity index (χ0) is 9.47. The number of aromatic nitrogens is 1. The standard InChI is InChI=1S/C10H12FNO/c1-7(13)10(3-4-10)9-6-8(11)2-5-12-9/h2,5-7,13H,3-4H2,1H3. The van der Waals surface area contributed by atoms with Crippen LogP contribution < -0.4 is 0 Å². The molecule has 0 bridgehead atoms. The molecule has 2 rings (SSSR count). The van der Waals surface area contributed by atoms with E-state index in [0.29, 0.717) is 5.69 Å². The van der Waals surface area contributed by atoms with Crippen molar-refractivity contribution in [2.24, 2.45) is 0 Å². The fourth-order valence-electron chi connectivity index (χ4n) is 1.70. The molecule has 1 atom stereocenters. The molecule has 70 valence electrons. The Bertz CT molecular complexity index is 320. The Morgan fingerprint density at radius 1 is 1.62 bits per heavy atom. The maximum atomic E-state index is 12.9. The third kappa shape index (κ3) is 1.33. The molecule has 1 aliphatic carbocycles. The van der Waals surface area contributed by atoms with E-state index in [1.165, 1.54) is 18.3 Å². The van der Waals surface area contributed by atoms with Crippen molar-refractivity contribution >= 4 is 0 Å². The second-order valence-electron chi connectivity index (χ2n) is 3.69. The van der Waals surface area contributed by atoms with Crippen LogP contribution in [0.1, 0.15) is 25.5 Å². The summed E-state index contributed by atoms with van der Waals surface area (Å²) < 4.78 is 12.9. The summed E-state index contributed by atoms with van der Waals surface area (Å²) in [5, 5.41) is 9.52. The van der Waals surface area contributed by atoms with Crippen LogP contribution in [-0.2, 0) is 5.41 Å². The van der Waals surface area contributed by atoms with E-state index in [2.05, 4.69) is 4.98 Å². The lowest BCUT2D eigenvalue weighted by atomic mass is 9.96. The van der Waals surface area contributed by atoms with Gasteiger partial charge in [0, 0.05) is 11.6 Å². The van der Waals surface area contributed by atoms with Crippen molar-refractivity contribution in [3.05, 3.63) is 29.8 Å². The first-order valence-electron chi connectivity index (χ1n) is 4.45. The van der Waals surface area contributed by atoms with Crippen LogP contribution >= 0.6 is 0 Å². The predicted octanol–water partition coefficient (Wildman–Crippen LogP) is 1.63. The Morgan fingerprint density at radius 2 is 2.31 bits per heavy atom. The van der Waals surface area contributed by atoms with Crippen molar-refractivity contribution < 1.29 is 9.50 Å². The summed E-state index contributed by atoms with van der Waals surface area (Å²) in [5.41, 5.74) is 0.421. The first-order valence-corrected chi connectivity index (χ1v) is 4.45. The highest BCUT2D eigenvalue weighted by atomic mass is 19.1. The Kier molecular flexibility index (Phi) is 1.84. The number of halogens is 1. The third-order valence-electron chi connectivity index (χ3n) is 2.82. The quantitative estimate of drug-likeness (QED) is 0.752. The molecule has 1 heterocycles. The van der Waals surface area contributed by atoms with E-state index in [-0.39, 0.29) is 11.2 Å². The molecular formula is C10H12FNO. The van der Waals surface area contributed by atoms with Crippen LogP contribution in [-0.4, -0.2) is 16.2 Å². The largest absolute Gasteiger partial charge is 0.392 e. The molecule has 1 aromatic heterocycles. The van der Waals surface area contributed by atoms with Gasteiger partial charge in [0.1, 0.15) is 5.82 Å². The van der Waals surface area contributed by atoms with Crippen molar-refractivity contribution in [1.29, 1.82) is 0 Å². The Labute approximate surface area is 76.4 Å². The number of aliphatic hydroxyl groups excluding tert-OH is 1. The monoisotopic (exact) mass is 181 g/mol. The zero-order valence-corrected chi connectivity index (χ0v) is 7.50. The number of nitrogens with zero attached hydrogens (tertiary/aromatic N) is 1. The first-order chi connectivity index (χ1) is 6.15.